The van der Waals surface area contributed by atoms with Crippen LogP contribution in [0, 0.1) is 83.1 Å². The molecule has 6 rings (SSSR count). The Labute approximate surface area is 274 Å². The molecular formula is C39H45BN6-. The quantitative estimate of drug-likeness (QED) is 0.178. The molecular weight excluding hydrogens is 563 g/mol. The van der Waals surface area contributed by atoms with Gasteiger partial charge in [0.1, 0.15) is 0 Å². The average Bonchev–Trinajstić information content (AvgIpc) is 3.60. The second-order valence-corrected chi connectivity index (χ2v) is 13.5. The predicted molar refractivity (Wildman–Crippen MR) is 192 cm³/mol. The number of aromatic nitrogens is 6. The summed E-state index contributed by atoms with van der Waals surface area (Å²) in [5, 5.41) is 16.0. The highest BCUT2D eigenvalue weighted by molar-refractivity contribution is 6.53. The highest BCUT2D eigenvalue weighted by Crippen LogP contribution is 2.32. The third-order valence-electron chi connectivity index (χ3n) is 9.22. The number of rotatable bonds is 6. The zero-order valence-corrected chi connectivity index (χ0v) is 29.5. The maximum Gasteiger partial charge on any atom is 0.261 e. The molecule has 0 aliphatic carbocycles. The lowest BCUT2D eigenvalue weighted by Gasteiger charge is -2.33. The van der Waals surface area contributed by atoms with Crippen molar-refractivity contribution in [1.29, 1.82) is 0 Å². The zero-order chi connectivity index (χ0) is 33.2. The van der Waals surface area contributed by atoms with Gasteiger partial charge in [-0.2, -0.15) is 0 Å². The summed E-state index contributed by atoms with van der Waals surface area (Å²) in [5.74, 6) is 0. The Bertz CT molecular complexity index is 1830. The second-order valence-electron chi connectivity index (χ2n) is 13.5. The summed E-state index contributed by atoms with van der Waals surface area (Å²) in [6, 6.07) is 20.0. The lowest BCUT2D eigenvalue weighted by Crippen LogP contribution is -2.45. The summed E-state index contributed by atoms with van der Waals surface area (Å²) in [5.41, 5.74) is 20.7. The Morgan fingerprint density at radius 2 is 0.565 bits per heavy atom. The maximum absolute atomic E-state index is 5.32. The molecule has 0 unspecified atom stereocenters. The van der Waals surface area contributed by atoms with Crippen molar-refractivity contribution in [2.75, 3.05) is 0 Å². The van der Waals surface area contributed by atoms with Gasteiger partial charge >= 0.3 is 0 Å². The van der Waals surface area contributed by atoms with Gasteiger partial charge in [0.15, 0.2) is 0 Å². The number of nitrogens with zero attached hydrogens (tertiary/aromatic N) is 6. The number of aryl methyl sites for hydroxylation is 12. The van der Waals surface area contributed by atoms with Crippen molar-refractivity contribution >= 4 is 7.12 Å². The van der Waals surface area contributed by atoms with Gasteiger partial charge in [-0.05, 0) is 152 Å². The molecule has 3 aromatic carbocycles. The fourth-order valence-corrected chi connectivity index (χ4v) is 7.59. The van der Waals surface area contributed by atoms with Gasteiger partial charge in [0.05, 0.1) is 17.1 Å². The molecule has 1 radical (unpaired) electrons. The van der Waals surface area contributed by atoms with E-state index in [1.54, 1.807) is 0 Å². The van der Waals surface area contributed by atoms with E-state index in [0.29, 0.717) is 0 Å². The average molecular weight is 609 g/mol. The number of hydrogen-bond acceptors (Lipinski definition) is 3. The molecule has 0 aliphatic rings. The molecule has 7 heteroatoms. The molecule has 0 N–H and O–H groups in total. The van der Waals surface area contributed by atoms with E-state index in [4.69, 9.17) is 15.3 Å². The van der Waals surface area contributed by atoms with Crippen LogP contribution in [0.4, 0.5) is 0 Å². The van der Waals surface area contributed by atoms with Gasteiger partial charge < -0.3 is 13.8 Å². The second kappa shape index (κ2) is 11.6. The van der Waals surface area contributed by atoms with Crippen LogP contribution in [0.5, 0.6) is 0 Å². The minimum absolute atomic E-state index is 0.445. The summed E-state index contributed by atoms with van der Waals surface area (Å²) in [7, 11) is -0.445. The minimum atomic E-state index is -0.445. The van der Waals surface area contributed by atoms with Crippen LogP contribution >= 0.6 is 0 Å². The highest BCUT2D eigenvalue weighted by atomic mass is 15.5. The van der Waals surface area contributed by atoms with Crippen LogP contribution in [0.3, 0.4) is 0 Å². The predicted octanol–water partition coefficient (Wildman–Crippen LogP) is 8.91. The smallest absolute Gasteiger partial charge is 0.261 e. The minimum Gasteiger partial charge on any atom is -0.422 e. The van der Waals surface area contributed by atoms with Crippen molar-refractivity contribution in [1.82, 2.24) is 29.1 Å². The van der Waals surface area contributed by atoms with E-state index in [0.717, 1.165) is 34.2 Å². The zero-order valence-electron chi connectivity index (χ0n) is 29.5. The molecule has 0 saturated carbocycles. The first-order valence-electron chi connectivity index (χ1n) is 16.2. The van der Waals surface area contributed by atoms with Crippen molar-refractivity contribution < 1.29 is 0 Å². The third-order valence-corrected chi connectivity index (χ3v) is 9.22. The van der Waals surface area contributed by atoms with Crippen LogP contribution in [0.15, 0.2) is 54.6 Å². The molecule has 6 aromatic rings. The summed E-state index contributed by atoms with van der Waals surface area (Å²) >= 11 is 0. The van der Waals surface area contributed by atoms with Gasteiger partial charge in [-0.25, -0.2) is 15.3 Å². The van der Waals surface area contributed by atoms with Gasteiger partial charge in [0.2, 0.25) is 0 Å². The fourth-order valence-electron chi connectivity index (χ4n) is 7.59. The lowest BCUT2D eigenvalue weighted by molar-refractivity contribution is 0.743. The van der Waals surface area contributed by atoms with Crippen LogP contribution in [0.25, 0.3) is 33.8 Å². The van der Waals surface area contributed by atoms with Gasteiger partial charge in [0.25, 0.3) is 7.12 Å². The van der Waals surface area contributed by atoms with Crippen molar-refractivity contribution in [3.05, 3.63) is 122 Å². The Morgan fingerprint density at radius 3 is 0.783 bits per heavy atom. The first kappa shape index (κ1) is 31.3. The van der Waals surface area contributed by atoms with E-state index in [2.05, 4.69) is 151 Å². The van der Waals surface area contributed by atoms with Gasteiger partial charge in [-0.1, -0.05) is 53.1 Å². The van der Waals surface area contributed by atoms with Crippen molar-refractivity contribution in [3.8, 4) is 33.8 Å². The molecule has 0 fully saturated rings. The monoisotopic (exact) mass is 608 g/mol. The highest BCUT2D eigenvalue weighted by Gasteiger charge is 2.22. The number of hydrogen-bond donors (Lipinski definition) is 0. The number of benzene rings is 3. The molecule has 3 aromatic heterocycles. The summed E-state index contributed by atoms with van der Waals surface area (Å²) in [6.45, 7) is 25.9. The SMILES string of the molecule is Cc1cc(C)c(-c2cc(C)n([B-](n3nc(-c4c(C)cc(C)cc4C)cc3C)n3nc(-c4c(C)cc(C)cc4C)cc3C)n2)c(C)c1. The molecule has 0 atom stereocenters. The van der Waals surface area contributed by atoms with E-state index in [-0.39, 0.29) is 0 Å². The van der Waals surface area contributed by atoms with E-state index in [9.17, 15) is 0 Å². The lowest BCUT2D eigenvalue weighted by atomic mass is 9.93. The summed E-state index contributed by atoms with van der Waals surface area (Å²) in [4.78, 5) is 0. The summed E-state index contributed by atoms with van der Waals surface area (Å²) < 4.78 is 6.27. The van der Waals surface area contributed by atoms with Crippen LogP contribution < -0.4 is 0 Å². The molecule has 6 nitrogen and oxygen atoms in total. The Hall–Kier alpha value is -4.65. The summed E-state index contributed by atoms with van der Waals surface area (Å²) in [6.07, 6.45) is 0. The molecule has 0 spiro atoms. The van der Waals surface area contributed by atoms with E-state index < -0.39 is 7.12 Å². The molecule has 46 heavy (non-hydrogen) atoms. The van der Waals surface area contributed by atoms with Gasteiger partial charge in [0, 0.05) is 16.7 Å². The van der Waals surface area contributed by atoms with Crippen molar-refractivity contribution in [3.63, 3.8) is 0 Å². The van der Waals surface area contributed by atoms with Crippen molar-refractivity contribution in [2.45, 2.75) is 83.1 Å². The Morgan fingerprint density at radius 1 is 0.348 bits per heavy atom. The molecule has 0 amide bonds. The first-order chi connectivity index (χ1) is 21.7. The van der Waals surface area contributed by atoms with Crippen LogP contribution in [0.1, 0.15) is 67.2 Å². The van der Waals surface area contributed by atoms with Crippen LogP contribution in [-0.2, 0) is 0 Å². The topological polar surface area (TPSA) is 53.5 Å². The van der Waals surface area contributed by atoms with E-state index >= 15 is 0 Å². The third kappa shape index (κ3) is 5.42. The van der Waals surface area contributed by atoms with Crippen LogP contribution in [-0.4, -0.2) is 36.2 Å². The van der Waals surface area contributed by atoms with Crippen LogP contribution in [0.2, 0.25) is 0 Å². The van der Waals surface area contributed by atoms with Gasteiger partial charge in [-0.3, -0.25) is 0 Å². The Balaban J connectivity index is 1.59. The maximum atomic E-state index is 5.32. The molecule has 3 heterocycles. The first-order valence-corrected chi connectivity index (χ1v) is 16.2. The van der Waals surface area contributed by atoms with Crippen molar-refractivity contribution in [2.24, 2.45) is 0 Å². The molecule has 235 valence electrons. The van der Waals surface area contributed by atoms with E-state index in [1.807, 2.05) is 0 Å². The molecule has 0 aliphatic heterocycles. The van der Waals surface area contributed by atoms with E-state index in [1.165, 1.54) is 66.8 Å². The standard InChI is InChI=1S/C39H45BN6/c1-22-13-25(4)37(26(5)14-22)34-19-31(10)44(41-34)40(45-32(11)20-35(42-45)38-27(6)15-23(2)16-28(38)7)46-33(12)21-36(43-46)39-29(8)17-24(3)18-30(39)9/h13-21H,1-12H3/q-1. The largest absolute Gasteiger partial charge is 0.422 e. The fraction of sp³-hybridized carbons (Fsp3) is 0.308. The molecule has 0 bridgehead atoms. The van der Waals surface area contributed by atoms with Gasteiger partial charge in [-0.15, -0.1) is 0 Å². The molecule has 0 saturated heterocycles. The normalized spacial score (nSPS) is 11.7. The Kier molecular flexibility index (Phi) is 7.91.